The minimum atomic E-state index is -0.105. The second-order valence-corrected chi connectivity index (χ2v) is 7.58. The molecule has 2 aliphatic heterocycles. The van der Waals surface area contributed by atoms with E-state index in [2.05, 4.69) is 32.0 Å². The van der Waals surface area contributed by atoms with Crippen LogP contribution in [0.2, 0.25) is 0 Å². The number of aromatic nitrogens is 2. The third-order valence-electron chi connectivity index (χ3n) is 5.02. The fraction of sp³-hybridized carbons (Fsp3) is 0.389. The second kappa shape index (κ2) is 5.58. The lowest BCUT2D eigenvalue weighted by atomic mass is 10.0. The van der Waals surface area contributed by atoms with Crippen molar-refractivity contribution in [3.05, 3.63) is 53.7 Å². The number of rotatable bonds is 3. The molecule has 5 rings (SSSR count). The fourth-order valence-electron chi connectivity index (χ4n) is 3.81. The van der Waals surface area contributed by atoms with Gasteiger partial charge in [0.05, 0.1) is 36.1 Å². The predicted molar refractivity (Wildman–Crippen MR) is 91.7 cm³/mol. The average molecular weight is 341 g/mol. The summed E-state index contributed by atoms with van der Waals surface area (Å²) in [6.45, 7) is 4.31. The summed E-state index contributed by atoms with van der Waals surface area (Å²) in [5.74, 6) is 2.05. The predicted octanol–water partition coefficient (Wildman–Crippen LogP) is 3.38. The molecule has 0 N–H and O–H groups in total. The molecule has 5 heterocycles. The first-order valence-electron chi connectivity index (χ1n) is 8.28. The van der Waals surface area contributed by atoms with Crippen molar-refractivity contribution >= 4 is 11.3 Å². The van der Waals surface area contributed by atoms with Crippen molar-refractivity contribution in [2.45, 2.75) is 31.7 Å². The van der Waals surface area contributed by atoms with Crippen LogP contribution >= 0.6 is 11.3 Å². The third kappa shape index (κ3) is 2.42. The normalized spacial score (nSPS) is 23.8. The number of furan rings is 1. The Hall–Kier alpha value is -1.89. The van der Waals surface area contributed by atoms with Gasteiger partial charge >= 0.3 is 0 Å². The molecule has 0 saturated carbocycles. The van der Waals surface area contributed by atoms with Gasteiger partial charge < -0.3 is 13.7 Å². The maximum atomic E-state index is 6.28. The standard InChI is InChI=1S/C18H19N3O2S/c1-3-14(22-7-1)10-20-6-5-18(12-20)13-21-15(16-4-2-8-24-16)9-19-17(21)11-23-18/h1-4,7-9H,5-6,10-13H2/t18-/m1/s1. The molecule has 1 spiro atoms. The van der Waals surface area contributed by atoms with Gasteiger partial charge in [-0.1, -0.05) is 6.07 Å². The van der Waals surface area contributed by atoms with E-state index in [0.29, 0.717) is 6.61 Å². The smallest absolute Gasteiger partial charge is 0.135 e. The van der Waals surface area contributed by atoms with E-state index < -0.39 is 0 Å². The van der Waals surface area contributed by atoms with Crippen LogP contribution in [0.5, 0.6) is 0 Å². The Labute approximate surface area is 144 Å². The summed E-state index contributed by atoms with van der Waals surface area (Å²) in [6.07, 6.45) is 4.78. The Balaban J connectivity index is 1.38. The van der Waals surface area contributed by atoms with Gasteiger partial charge in [-0.15, -0.1) is 11.3 Å². The van der Waals surface area contributed by atoms with Crippen LogP contribution in [0.15, 0.2) is 46.5 Å². The number of hydrogen-bond donors (Lipinski definition) is 0. The van der Waals surface area contributed by atoms with Crippen LogP contribution in [0, 0.1) is 0 Å². The van der Waals surface area contributed by atoms with E-state index in [-0.39, 0.29) is 5.60 Å². The van der Waals surface area contributed by atoms with Crippen molar-refractivity contribution in [1.82, 2.24) is 14.5 Å². The first-order valence-corrected chi connectivity index (χ1v) is 9.16. The molecular formula is C18H19N3O2S. The third-order valence-corrected chi connectivity index (χ3v) is 5.91. The largest absolute Gasteiger partial charge is 0.468 e. The van der Waals surface area contributed by atoms with Crippen LogP contribution in [0.4, 0.5) is 0 Å². The van der Waals surface area contributed by atoms with Crippen LogP contribution in [-0.2, 0) is 24.4 Å². The Morgan fingerprint density at radius 1 is 1.25 bits per heavy atom. The Kier molecular flexibility index (Phi) is 3.36. The van der Waals surface area contributed by atoms with Gasteiger partial charge in [-0.25, -0.2) is 4.98 Å². The molecule has 1 fully saturated rings. The lowest BCUT2D eigenvalue weighted by molar-refractivity contribution is -0.0823. The van der Waals surface area contributed by atoms with Crippen molar-refractivity contribution in [2.75, 3.05) is 13.1 Å². The zero-order valence-corrected chi connectivity index (χ0v) is 14.2. The van der Waals surface area contributed by atoms with Crippen molar-refractivity contribution in [3.8, 4) is 10.6 Å². The number of fused-ring (bicyclic) bond motifs is 1. The van der Waals surface area contributed by atoms with E-state index >= 15 is 0 Å². The lowest BCUT2D eigenvalue weighted by Crippen LogP contribution is -2.44. The van der Waals surface area contributed by atoms with Gasteiger partial charge in [0.1, 0.15) is 23.8 Å². The van der Waals surface area contributed by atoms with Crippen LogP contribution < -0.4 is 0 Å². The molecular weight excluding hydrogens is 322 g/mol. The molecule has 1 saturated heterocycles. The SMILES string of the molecule is c1coc(CN2CC[C@@]3(C2)Cn2c(-c4cccs4)cnc2CO3)c1. The zero-order valence-electron chi connectivity index (χ0n) is 13.4. The van der Waals surface area contributed by atoms with E-state index in [1.807, 2.05) is 18.3 Å². The molecule has 0 bridgehead atoms. The molecule has 5 nitrogen and oxygen atoms in total. The van der Waals surface area contributed by atoms with E-state index in [1.165, 1.54) is 10.6 Å². The van der Waals surface area contributed by atoms with Gasteiger partial charge in [0.25, 0.3) is 0 Å². The molecule has 124 valence electrons. The van der Waals surface area contributed by atoms with E-state index in [0.717, 1.165) is 44.2 Å². The molecule has 2 aliphatic rings. The summed E-state index contributed by atoms with van der Waals surface area (Å²) < 4.78 is 14.1. The molecule has 3 aromatic heterocycles. The first kappa shape index (κ1) is 14.5. The molecule has 0 aliphatic carbocycles. The van der Waals surface area contributed by atoms with Gasteiger partial charge in [-0.05, 0) is 30.0 Å². The highest BCUT2D eigenvalue weighted by atomic mass is 32.1. The summed E-state index contributed by atoms with van der Waals surface area (Å²) in [6, 6.07) is 8.24. The highest BCUT2D eigenvalue weighted by Crippen LogP contribution is 2.36. The van der Waals surface area contributed by atoms with Gasteiger partial charge in [0, 0.05) is 13.1 Å². The molecule has 3 aromatic rings. The highest BCUT2D eigenvalue weighted by molar-refractivity contribution is 7.13. The second-order valence-electron chi connectivity index (χ2n) is 6.63. The number of likely N-dealkylation sites (tertiary alicyclic amines) is 1. The molecule has 0 amide bonds. The van der Waals surface area contributed by atoms with Gasteiger partial charge in [0.2, 0.25) is 0 Å². The molecule has 24 heavy (non-hydrogen) atoms. The van der Waals surface area contributed by atoms with Crippen LogP contribution in [0.25, 0.3) is 10.6 Å². The maximum Gasteiger partial charge on any atom is 0.135 e. The van der Waals surface area contributed by atoms with Crippen molar-refractivity contribution in [3.63, 3.8) is 0 Å². The van der Waals surface area contributed by atoms with Crippen LogP contribution in [0.1, 0.15) is 18.0 Å². The van der Waals surface area contributed by atoms with E-state index in [4.69, 9.17) is 9.15 Å². The van der Waals surface area contributed by atoms with Gasteiger partial charge in [-0.2, -0.15) is 0 Å². The maximum absolute atomic E-state index is 6.28. The molecule has 0 aromatic carbocycles. The summed E-state index contributed by atoms with van der Waals surface area (Å²) in [5, 5.41) is 2.12. The minimum Gasteiger partial charge on any atom is -0.468 e. The summed E-state index contributed by atoms with van der Waals surface area (Å²) in [5.41, 5.74) is 1.11. The summed E-state index contributed by atoms with van der Waals surface area (Å²) in [7, 11) is 0. The van der Waals surface area contributed by atoms with Gasteiger partial charge in [0.15, 0.2) is 0 Å². The molecule has 0 unspecified atom stereocenters. The summed E-state index contributed by atoms with van der Waals surface area (Å²) >= 11 is 1.76. The van der Waals surface area contributed by atoms with Gasteiger partial charge in [-0.3, -0.25) is 4.90 Å². The Morgan fingerprint density at radius 3 is 3.08 bits per heavy atom. The molecule has 0 radical (unpaired) electrons. The first-order chi connectivity index (χ1) is 11.8. The number of hydrogen-bond acceptors (Lipinski definition) is 5. The summed E-state index contributed by atoms with van der Waals surface area (Å²) in [4.78, 5) is 8.26. The van der Waals surface area contributed by atoms with Crippen LogP contribution in [0.3, 0.4) is 0 Å². The zero-order chi connectivity index (χ0) is 16.0. The molecule has 1 atom stereocenters. The number of nitrogens with zero attached hydrogens (tertiary/aromatic N) is 3. The number of imidazole rings is 1. The van der Waals surface area contributed by atoms with E-state index in [9.17, 15) is 0 Å². The highest BCUT2D eigenvalue weighted by Gasteiger charge is 2.43. The van der Waals surface area contributed by atoms with Crippen LogP contribution in [-0.4, -0.2) is 33.1 Å². The Morgan fingerprint density at radius 2 is 2.25 bits per heavy atom. The lowest BCUT2D eigenvalue weighted by Gasteiger charge is -2.35. The van der Waals surface area contributed by atoms with E-state index in [1.54, 1.807) is 17.6 Å². The van der Waals surface area contributed by atoms with Crippen molar-refractivity contribution in [2.24, 2.45) is 0 Å². The average Bonchev–Trinajstić information content (AvgIpc) is 3.35. The number of ether oxygens (including phenoxy) is 1. The Bertz CT molecular complexity index is 825. The van der Waals surface area contributed by atoms with Crippen molar-refractivity contribution < 1.29 is 9.15 Å². The quantitative estimate of drug-likeness (QED) is 0.732. The number of thiophene rings is 1. The monoisotopic (exact) mass is 341 g/mol. The topological polar surface area (TPSA) is 43.4 Å². The van der Waals surface area contributed by atoms with Crippen molar-refractivity contribution in [1.29, 1.82) is 0 Å². The minimum absolute atomic E-state index is 0.105. The molecule has 6 heteroatoms. The fourth-order valence-corrected chi connectivity index (χ4v) is 4.55.